The summed E-state index contributed by atoms with van der Waals surface area (Å²) in [5.41, 5.74) is 1.93. The lowest BCUT2D eigenvalue weighted by atomic mass is 10.1. The maximum Gasteiger partial charge on any atom is 0.265 e. The van der Waals surface area contributed by atoms with E-state index in [0.717, 1.165) is 12.0 Å². The van der Waals surface area contributed by atoms with Crippen LogP contribution in [-0.2, 0) is 20.7 Å². The number of benzene rings is 2. The van der Waals surface area contributed by atoms with Crippen LogP contribution in [0.3, 0.4) is 0 Å². The van der Waals surface area contributed by atoms with Crippen LogP contribution in [0.5, 0.6) is 11.5 Å². The largest absolute Gasteiger partial charge is 0.485 e. The summed E-state index contributed by atoms with van der Waals surface area (Å²) in [4.78, 5) is 41.0. The zero-order valence-corrected chi connectivity index (χ0v) is 18.0. The number of amides is 2. The lowest BCUT2D eigenvalue weighted by Crippen LogP contribution is -2.49. The summed E-state index contributed by atoms with van der Waals surface area (Å²) in [6.45, 7) is 3.64. The van der Waals surface area contributed by atoms with Crippen molar-refractivity contribution in [2.45, 2.75) is 13.3 Å². The van der Waals surface area contributed by atoms with Crippen molar-refractivity contribution in [3.63, 3.8) is 0 Å². The van der Waals surface area contributed by atoms with Crippen molar-refractivity contribution < 1.29 is 28.6 Å². The minimum atomic E-state index is -0.323. The first kappa shape index (κ1) is 21.8. The van der Waals surface area contributed by atoms with E-state index in [2.05, 4.69) is 6.92 Å². The molecule has 2 aliphatic heterocycles. The number of carbonyl (C=O) groups is 3. The van der Waals surface area contributed by atoms with Crippen LogP contribution < -0.4 is 14.4 Å². The smallest absolute Gasteiger partial charge is 0.265 e. The Labute approximate surface area is 186 Å². The van der Waals surface area contributed by atoms with Gasteiger partial charge < -0.3 is 19.1 Å². The highest BCUT2D eigenvalue weighted by Crippen LogP contribution is 2.33. The Balaban J connectivity index is 1.48. The van der Waals surface area contributed by atoms with Crippen LogP contribution in [0.25, 0.3) is 0 Å². The topological polar surface area (TPSA) is 85.4 Å². The van der Waals surface area contributed by atoms with Crippen LogP contribution in [0.4, 0.5) is 5.69 Å². The Morgan fingerprint density at radius 2 is 1.91 bits per heavy atom. The van der Waals surface area contributed by atoms with E-state index in [9.17, 15) is 14.4 Å². The Kier molecular flexibility index (Phi) is 6.70. The van der Waals surface area contributed by atoms with E-state index < -0.39 is 0 Å². The molecule has 8 heteroatoms. The number of ketones is 1. The molecule has 0 radical (unpaired) electrons. The van der Waals surface area contributed by atoms with Crippen molar-refractivity contribution in [1.82, 2.24) is 4.90 Å². The molecular weight excluding hydrogens is 412 g/mol. The SMILES string of the molecule is CCc1cccc(OCC(=O)c2ccc3c(c2)N(CC(=O)N2CCOCC2)C(=O)CO3)c1. The molecule has 0 bridgehead atoms. The molecule has 0 aromatic heterocycles. The third-order valence-corrected chi connectivity index (χ3v) is 5.56. The van der Waals surface area contributed by atoms with Crippen molar-refractivity contribution in [3.05, 3.63) is 53.6 Å². The van der Waals surface area contributed by atoms with Gasteiger partial charge in [0.15, 0.2) is 19.0 Å². The van der Waals surface area contributed by atoms with Crippen molar-refractivity contribution in [2.24, 2.45) is 0 Å². The molecule has 168 valence electrons. The average Bonchev–Trinajstić information content (AvgIpc) is 2.84. The molecule has 1 saturated heterocycles. The summed E-state index contributed by atoms with van der Waals surface area (Å²) in [7, 11) is 0. The molecule has 32 heavy (non-hydrogen) atoms. The van der Waals surface area contributed by atoms with Gasteiger partial charge in [-0.15, -0.1) is 0 Å². The highest BCUT2D eigenvalue weighted by Gasteiger charge is 2.30. The second-order valence-corrected chi connectivity index (χ2v) is 7.66. The number of hydrogen-bond acceptors (Lipinski definition) is 6. The Morgan fingerprint density at radius 3 is 2.69 bits per heavy atom. The monoisotopic (exact) mass is 438 g/mol. The van der Waals surface area contributed by atoms with Crippen molar-refractivity contribution in [3.8, 4) is 11.5 Å². The van der Waals surface area contributed by atoms with Gasteiger partial charge >= 0.3 is 0 Å². The summed E-state index contributed by atoms with van der Waals surface area (Å²) in [5, 5.41) is 0. The van der Waals surface area contributed by atoms with Gasteiger partial charge in [-0.2, -0.15) is 0 Å². The fourth-order valence-corrected chi connectivity index (χ4v) is 3.68. The van der Waals surface area contributed by atoms with E-state index in [4.69, 9.17) is 14.2 Å². The number of morpholine rings is 1. The number of hydrogen-bond donors (Lipinski definition) is 0. The number of aryl methyl sites for hydroxylation is 1. The molecule has 2 aromatic rings. The lowest BCUT2D eigenvalue weighted by molar-refractivity contribution is -0.135. The predicted octanol–water partition coefficient (Wildman–Crippen LogP) is 2.09. The van der Waals surface area contributed by atoms with Crippen molar-refractivity contribution >= 4 is 23.3 Å². The van der Waals surface area contributed by atoms with E-state index in [-0.39, 0.29) is 37.4 Å². The van der Waals surface area contributed by atoms with Gasteiger partial charge in [0.2, 0.25) is 5.91 Å². The summed E-state index contributed by atoms with van der Waals surface area (Å²) >= 11 is 0. The third-order valence-electron chi connectivity index (χ3n) is 5.56. The third kappa shape index (κ3) is 4.91. The fourth-order valence-electron chi connectivity index (χ4n) is 3.68. The molecule has 0 N–H and O–H groups in total. The molecule has 2 amide bonds. The Bertz CT molecular complexity index is 1020. The zero-order valence-electron chi connectivity index (χ0n) is 18.0. The molecular formula is C24H26N2O6. The van der Waals surface area contributed by atoms with Crippen LogP contribution >= 0.6 is 0 Å². The van der Waals surface area contributed by atoms with Gasteiger partial charge in [-0.1, -0.05) is 19.1 Å². The fraction of sp³-hybridized carbons (Fsp3) is 0.375. The number of ether oxygens (including phenoxy) is 3. The normalized spacial score (nSPS) is 15.7. The van der Waals surface area contributed by atoms with Crippen molar-refractivity contribution in [1.29, 1.82) is 0 Å². The maximum absolute atomic E-state index is 12.8. The van der Waals surface area contributed by atoms with E-state index in [0.29, 0.717) is 49.1 Å². The van der Waals surface area contributed by atoms with E-state index in [1.807, 2.05) is 24.3 Å². The average molecular weight is 438 g/mol. The quantitative estimate of drug-likeness (QED) is 0.616. The van der Waals surface area contributed by atoms with Gasteiger partial charge in [-0.25, -0.2) is 0 Å². The number of nitrogens with zero attached hydrogens (tertiary/aromatic N) is 2. The molecule has 0 saturated carbocycles. The molecule has 4 rings (SSSR count). The van der Waals surface area contributed by atoms with Crippen LogP contribution in [0.15, 0.2) is 42.5 Å². The van der Waals surface area contributed by atoms with Gasteiger partial charge in [0, 0.05) is 18.7 Å². The molecule has 0 atom stereocenters. The van der Waals surface area contributed by atoms with Crippen LogP contribution in [0.2, 0.25) is 0 Å². The molecule has 1 fully saturated rings. The number of rotatable bonds is 7. The first-order valence-corrected chi connectivity index (χ1v) is 10.7. The zero-order chi connectivity index (χ0) is 22.5. The molecule has 8 nitrogen and oxygen atoms in total. The molecule has 2 aromatic carbocycles. The van der Waals surface area contributed by atoms with Gasteiger partial charge in [-0.05, 0) is 42.3 Å². The first-order chi connectivity index (χ1) is 15.5. The number of carbonyl (C=O) groups excluding carboxylic acids is 3. The van der Waals surface area contributed by atoms with Gasteiger partial charge in [-0.3, -0.25) is 19.3 Å². The minimum absolute atomic E-state index is 0.104. The van der Waals surface area contributed by atoms with E-state index >= 15 is 0 Å². The summed E-state index contributed by atoms with van der Waals surface area (Å²) in [5.74, 6) is 0.383. The second kappa shape index (κ2) is 9.82. The van der Waals surface area contributed by atoms with E-state index in [1.54, 1.807) is 23.1 Å². The summed E-state index contributed by atoms with van der Waals surface area (Å²) < 4.78 is 16.5. The van der Waals surface area contributed by atoms with Gasteiger partial charge in [0.05, 0.1) is 18.9 Å². The summed E-state index contributed by atoms with van der Waals surface area (Å²) in [6, 6.07) is 12.5. The molecule has 2 aliphatic rings. The number of anilines is 1. The molecule has 0 aliphatic carbocycles. The van der Waals surface area contributed by atoms with Crippen LogP contribution in [0.1, 0.15) is 22.8 Å². The highest BCUT2D eigenvalue weighted by molar-refractivity contribution is 6.04. The number of fused-ring (bicyclic) bond motifs is 1. The molecule has 0 unspecified atom stereocenters. The molecule has 2 heterocycles. The first-order valence-electron chi connectivity index (χ1n) is 10.7. The minimum Gasteiger partial charge on any atom is -0.485 e. The lowest BCUT2D eigenvalue weighted by Gasteiger charge is -2.32. The second-order valence-electron chi connectivity index (χ2n) is 7.66. The summed E-state index contributed by atoms with van der Waals surface area (Å²) in [6.07, 6.45) is 0.878. The van der Waals surface area contributed by atoms with Crippen molar-refractivity contribution in [2.75, 3.05) is 51.0 Å². The van der Waals surface area contributed by atoms with Crippen LogP contribution in [-0.4, -0.2) is 68.6 Å². The predicted molar refractivity (Wildman–Crippen MR) is 117 cm³/mol. The molecule has 0 spiro atoms. The maximum atomic E-state index is 12.8. The highest BCUT2D eigenvalue weighted by atomic mass is 16.5. The number of Topliss-reactive ketones (excluding diaryl/α,β-unsaturated/α-hetero) is 1. The van der Waals surface area contributed by atoms with Gasteiger partial charge in [0.25, 0.3) is 5.91 Å². The Hall–Kier alpha value is -3.39. The van der Waals surface area contributed by atoms with Gasteiger partial charge in [0.1, 0.15) is 18.0 Å². The van der Waals surface area contributed by atoms with Crippen LogP contribution in [0, 0.1) is 0 Å². The Morgan fingerprint density at radius 1 is 1.09 bits per heavy atom. The van der Waals surface area contributed by atoms with E-state index in [1.165, 1.54) is 4.90 Å². The standard InChI is InChI=1S/C24H26N2O6/c1-2-17-4-3-5-19(12-17)31-15-21(27)18-6-7-22-20(13-18)26(24(29)16-32-22)14-23(28)25-8-10-30-11-9-25/h3-7,12-13H,2,8-11,14-16H2,1H3.